The lowest BCUT2D eigenvalue weighted by Crippen LogP contribution is -2.57. The zero-order valence-corrected chi connectivity index (χ0v) is 9.23. The van der Waals surface area contributed by atoms with Crippen LogP contribution in [0.2, 0.25) is 0 Å². The summed E-state index contributed by atoms with van der Waals surface area (Å²) in [6.45, 7) is 3.25. The van der Waals surface area contributed by atoms with Gasteiger partial charge in [0.2, 0.25) is 5.79 Å². The molecule has 0 bridgehead atoms. The van der Waals surface area contributed by atoms with Crippen LogP contribution in [0.5, 0.6) is 0 Å². The standard InChI is InChI=1S/C10H16O6/c1-9(5-8(11)12)15-6-10(7-16-9)13-3-2-4-14-10/h2-7H2,1H3,(H,11,12). The maximum atomic E-state index is 10.6. The van der Waals surface area contributed by atoms with Crippen LogP contribution < -0.4 is 0 Å². The molecule has 1 N–H and O–H groups in total. The van der Waals surface area contributed by atoms with E-state index in [0.29, 0.717) is 13.2 Å². The Balaban J connectivity index is 1.92. The van der Waals surface area contributed by atoms with Gasteiger partial charge in [-0.15, -0.1) is 0 Å². The highest BCUT2D eigenvalue weighted by molar-refractivity contribution is 5.67. The number of carboxylic acid groups (broad SMARTS) is 1. The molecule has 0 aromatic heterocycles. The Hall–Kier alpha value is -0.690. The Morgan fingerprint density at radius 2 is 1.75 bits per heavy atom. The van der Waals surface area contributed by atoms with Gasteiger partial charge in [-0.3, -0.25) is 4.79 Å². The minimum absolute atomic E-state index is 0.191. The fourth-order valence-corrected chi connectivity index (χ4v) is 1.77. The summed E-state index contributed by atoms with van der Waals surface area (Å²) < 4.78 is 21.8. The molecule has 6 nitrogen and oxygen atoms in total. The van der Waals surface area contributed by atoms with Crippen LogP contribution in [0.1, 0.15) is 19.8 Å². The van der Waals surface area contributed by atoms with Gasteiger partial charge in [0.05, 0.1) is 19.6 Å². The van der Waals surface area contributed by atoms with E-state index in [0.717, 1.165) is 6.42 Å². The van der Waals surface area contributed by atoms with Crippen molar-refractivity contribution in [2.75, 3.05) is 26.4 Å². The second kappa shape index (κ2) is 4.29. The Kier molecular flexibility index (Phi) is 3.16. The third kappa shape index (κ3) is 2.52. The van der Waals surface area contributed by atoms with E-state index in [2.05, 4.69) is 0 Å². The van der Waals surface area contributed by atoms with Crippen molar-refractivity contribution in [1.82, 2.24) is 0 Å². The summed E-state index contributed by atoms with van der Waals surface area (Å²) in [7, 11) is 0. The van der Waals surface area contributed by atoms with Gasteiger partial charge in [-0.25, -0.2) is 0 Å². The third-order valence-electron chi connectivity index (χ3n) is 2.69. The van der Waals surface area contributed by atoms with Gasteiger partial charge in [0.15, 0.2) is 5.79 Å². The molecule has 0 radical (unpaired) electrons. The Morgan fingerprint density at radius 3 is 2.25 bits per heavy atom. The lowest BCUT2D eigenvalue weighted by molar-refractivity contribution is -0.392. The van der Waals surface area contributed by atoms with Crippen molar-refractivity contribution in [1.29, 1.82) is 0 Å². The van der Waals surface area contributed by atoms with Crippen LogP contribution >= 0.6 is 0 Å². The molecule has 0 aliphatic carbocycles. The predicted octanol–water partition coefficient (Wildman–Crippen LogP) is 0.357. The fourth-order valence-electron chi connectivity index (χ4n) is 1.77. The zero-order chi connectivity index (χ0) is 11.6. The monoisotopic (exact) mass is 232 g/mol. The molecule has 0 aromatic carbocycles. The van der Waals surface area contributed by atoms with Crippen LogP contribution in [-0.2, 0) is 23.7 Å². The number of hydrogen-bond donors (Lipinski definition) is 1. The van der Waals surface area contributed by atoms with Crippen LogP contribution in [0.3, 0.4) is 0 Å². The third-order valence-corrected chi connectivity index (χ3v) is 2.69. The van der Waals surface area contributed by atoms with Gasteiger partial charge < -0.3 is 24.1 Å². The molecule has 2 rings (SSSR count). The number of hydrogen-bond acceptors (Lipinski definition) is 5. The Labute approximate surface area is 93.4 Å². The summed E-state index contributed by atoms with van der Waals surface area (Å²) in [6.07, 6.45) is 0.664. The van der Waals surface area contributed by atoms with Crippen molar-refractivity contribution in [3.8, 4) is 0 Å². The first-order valence-electron chi connectivity index (χ1n) is 5.31. The van der Waals surface area contributed by atoms with Crippen LogP contribution in [-0.4, -0.2) is 49.1 Å². The molecule has 16 heavy (non-hydrogen) atoms. The van der Waals surface area contributed by atoms with Gasteiger partial charge >= 0.3 is 5.97 Å². The number of aliphatic carboxylic acids is 1. The van der Waals surface area contributed by atoms with Crippen molar-refractivity contribution >= 4 is 5.97 Å². The van der Waals surface area contributed by atoms with E-state index in [4.69, 9.17) is 24.1 Å². The minimum Gasteiger partial charge on any atom is -0.481 e. The van der Waals surface area contributed by atoms with Gasteiger partial charge in [-0.05, 0) is 13.3 Å². The van der Waals surface area contributed by atoms with E-state index < -0.39 is 17.5 Å². The van der Waals surface area contributed by atoms with Gasteiger partial charge in [-0.2, -0.15) is 0 Å². The maximum absolute atomic E-state index is 10.6. The first-order valence-corrected chi connectivity index (χ1v) is 5.31. The van der Waals surface area contributed by atoms with E-state index in [-0.39, 0.29) is 19.6 Å². The molecule has 0 saturated carbocycles. The van der Waals surface area contributed by atoms with E-state index in [1.54, 1.807) is 6.92 Å². The number of carbonyl (C=O) groups is 1. The lowest BCUT2D eigenvalue weighted by atomic mass is 10.1. The molecule has 2 saturated heterocycles. The predicted molar refractivity (Wildman–Crippen MR) is 51.8 cm³/mol. The maximum Gasteiger partial charge on any atom is 0.308 e. The van der Waals surface area contributed by atoms with Crippen LogP contribution in [0.15, 0.2) is 0 Å². The second-order valence-corrected chi connectivity index (χ2v) is 4.24. The molecule has 2 heterocycles. The largest absolute Gasteiger partial charge is 0.481 e. The van der Waals surface area contributed by atoms with Crippen molar-refractivity contribution in [2.24, 2.45) is 0 Å². The number of rotatable bonds is 2. The highest BCUT2D eigenvalue weighted by Crippen LogP contribution is 2.31. The minimum atomic E-state index is -1.08. The van der Waals surface area contributed by atoms with Crippen LogP contribution in [0, 0.1) is 0 Å². The molecule has 2 aliphatic rings. The normalized spacial score (nSPS) is 27.8. The van der Waals surface area contributed by atoms with Gasteiger partial charge in [0, 0.05) is 0 Å². The average molecular weight is 232 g/mol. The van der Waals surface area contributed by atoms with E-state index >= 15 is 0 Å². The summed E-state index contributed by atoms with van der Waals surface area (Å²) >= 11 is 0. The molecule has 0 amide bonds. The molecule has 0 aromatic rings. The molecule has 2 fully saturated rings. The van der Waals surface area contributed by atoms with Crippen molar-refractivity contribution in [3.05, 3.63) is 0 Å². The molecule has 2 aliphatic heterocycles. The first-order chi connectivity index (χ1) is 7.54. The van der Waals surface area contributed by atoms with Crippen molar-refractivity contribution in [3.63, 3.8) is 0 Å². The number of ether oxygens (including phenoxy) is 4. The van der Waals surface area contributed by atoms with Crippen LogP contribution in [0.4, 0.5) is 0 Å². The summed E-state index contributed by atoms with van der Waals surface area (Å²) in [5.41, 5.74) is 0. The van der Waals surface area contributed by atoms with Crippen molar-refractivity contribution in [2.45, 2.75) is 31.3 Å². The Morgan fingerprint density at radius 1 is 1.19 bits per heavy atom. The van der Waals surface area contributed by atoms with Gasteiger partial charge in [0.1, 0.15) is 13.2 Å². The summed E-state index contributed by atoms with van der Waals surface area (Å²) in [5.74, 6) is -2.87. The number of carboxylic acids is 1. The van der Waals surface area contributed by atoms with E-state index in [1.165, 1.54) is 0 Å². The van der Waals surface area contributed by atoms with Crippen LogP contribution in [0.25, 0.3) is 0 Å². The lowest BCUT2D eigenvalue weighted by Gasteiger charge is -2.45. The molecule has 6 heteroatoms. The topological polar surface area (TPSA) is 74.2 Å². The van der Waals surface area contributed by atoms with E-state index in [1.807, 2.05) is 0 Å². The quantitative estimate of drug-likeness (QED) is 0.740. The highest BCUT2D eigenvalue weighted by atomic mass is 16.8. The summed E-state index contributed by atoms with van der Waals surface area (Å²) in [4.78, 5) is 10.6. The van der Waals surface area contributed by atoms with Gasteiger partial charge in [0.25, 0.3) is 0 Å². The highest BCUT2D eigenvalue weighted by Gasteiger charge is 2.46. The summed E-state index contributed by atoms with van der Waals surface area (Å²) in [6, 6.07) is 0. The molecule has 1 spiro atoms. The molecule has 0 unspecified atom stereocenters. The molecular weight excluding hydrogens is 216 g/mol. The van der Waals surface area contributed by atoms with E-state index in [9.17, 15) is 4.79 Å². The first kappa shape index (κ1) is 11.8. The fraction of sp³-hybridized carbons (Fsp3) is 0.900. The van der Waals surface area contributed by atoms with Gasteiger partial charge in [-0.1, -0.05) is 0 Å². The molecule has 0 atom stereocenters. The average Bonchev–Trinajstić information content (AvgIpc) is 2.24. The summed E-state index contributed by atoms with van der Waals surface area (Å²) in [5, 5.41) is 8.71. The smallest absolute Gasteiger partial charge is 0.308 e. The van der Waals surface area contributed by atoms with Crippen molar-refractivity contribution < 1.29 is 28.8 Å². The zero-order valence-electron chi connectivity index (χ0n) is 9.23. The second-order valence-electron chi connectivity index (χ2n) is 4.24. The SMILES string of the molecule is CC1(CC(=O)O)OCC2(CO1)OCCCO2. The molecule has 92 valence electrons. The Bertz CT molecular complexity index is 260. The molecular formula is C10H16O6.